The summed E-state index contributed by atoms with van der Waals surface area (Å²) in [5.74, 6) is -0.620. The second-order valence-corrected chi connectivity index (χ2v) is 9.38. The second kappa shape index (κ2) is 10.8. The largest absolute Gasteiger partial charge is 0.348 e. The van der Waals surface area contributed by atoms with E-state index in [0.717, 1.165) is 22.1 Å². The highest BCUT2D eigenvalue weighted by molar-refractivity contribution is 6.31. The van der Waals surface area contributed by atoms with Crippen molar-refractivity contribution in [1.29, 1.82) is 0 Å². The van der Waals surface area contributed by atoms with Crippen LogP contribution in [0.3, 0.4) is 0 Å². The van der Waals surface area contributed by atoms with E-state index >= 15 is 0 Å². The number of benzene rings is 4. The van der Waals surface area contributed by atoms with Crippen molar-refractivity contribution >= 4 is 28.3 Å². The van der Waals surface area contributed by atoms with Gasteiger partial charge in [-0.15, -0.1) is 0 Å². The highest BCUT2D eigenvalue weighted by atomic mass is 35.5. The van der Waals surface area contributed by atoms with Gasteiger partial charge in [0.1, 0.15) is 5.82 Å². The Morgan fingerprint density at radius 3 is 2.46 bits per heavy atom. The molecule has 1 N–H and O–H groups in total. The van der Waals surface area contributed by atoms with Gasteiger partial charge in [0.25, 0.3) is 11.5 Å². The maximum atomic E-state index is 14.9. The van der Waals surface area contributed by atoms with Gasteiger partial charge in [-0.1, -0.05) is 66.2 Å². The molecule has 37 heavy (non-hydrogen) atoms. The molecule has 5 rings (SSSR count). The molecule has 0 aliphatic heterocycles. The normalized spacial score (nSPS) is 11.0. The number of nitrogens with zero attached hydrogens (tertiary/aromatic N) is 1. The first-order valence-corrected chi connectivity index (χ1v) is 12.3. The summed E-state index contributed by atoms with van der Waals surface area (Å²) in [5.41, 5.74) is 4.03. The molecule has 0 spiro atoms. The number of fused-ring (bicyclic) bond motifs is 1. The molecule has 0 saturated heterocycles. The molecule has 0 bridgehead atoms. The summed E-state index contributed by atoms with van der Waals surface area (Å²) < 4.78 is 16.6. The van der Waals surface area contributed by atoms with E-state index in [4.69, 9.17) is 11.6 Å². The Balaban J connectivity index is 1.23. The molecule has 0 fully saturated rings. The minimum absolute atomic E-state index is 0.0325. The first-order chi connectivity index (χ1) is 18.0. The molecule has 1 amide bonds. The van der Waals surface area contributed by atoms with Gasteiger partial charge in [0.15, 0.2) is 0 Å². The van der Waals surface area contributed by atoms with Gasteiger partial charge < -0.3 is 9.88 Å². The van der Waals surface area contributed by atoms with Gasteiger partial charge in [0, 0.05) is 40.3 Å². The number of pyridine rings is 1. The van der Waals surface area contributed by atoms with Gasteiger partial charge in [-0.2, -0.15) is 0 Å². The van der Waals surface area contributed by atoms with Gasteiger partial charge in [0.05, 0.1) is 6.54 Å². The van der Waals surface area contributed by atoms with Crippen LogP contribution >= 0.6 is 11.6 Å². The third kappa shape index (κ3) is 5.79. The minimum atomic E-state index is -0.358. The highest BCUT2D eigenvalue weighted by Crippen LogP contribution is 2.24. The summed E-state index contributed by atoms with van der Waals surface area (Å²) in [5, 5.41) is 4.56. The number of nitrogens with one attached hydrogen (secondary N) is 1. The Bertz CT molecular complexity index is 1640. The van der Waals surface area contributed by atoms with E-state index in [0.29, 0.717) is 34.5 Å². The number of hydrogen-bond acceptors (Lipinski definition) is 2. The van der Waals surface area contributed by atoms with Crippen molar-refractivity contribution in [2.45, 2.75) is 19.5 Å². The van der Waals surface area contributed by atoms with Crippen molar-refractivity contribution in [3.05, 3.63) is 152 Å². The zero-order chi connectivity index (χ0) is 25.8. The molecule has 4 nitrogen and oxygen atoms in total. The number of halogens is 2. The van der Waals surface area contributed by atoms with Crippen molar-refractivity contribution in [2.24, 2.45) is 0 Å². The summed E-state index contributed by atoms with van der Waals surface area (Å²) in [7, 11) is 0. The Morgan fingerprint density at radius 1 is 0.838 bits per heavy atom. The summed E-state index contributed by atoms with van der Waals surface area (Å²) in [6.45, 7) is 0.598. The van der Waals surface area contributed by atoms with Crippen LogP contribution in [0.4, 0.5) is 4.39 Å². The SMILES string of the molecule is O=C(NCc1ccc2cc(Cl)ccc2c1F)c1cccc(Cc2ccc(Cn3ccccc3=O)cc2)c1. The lowest BCUT2D eigenvalue weighted by molar-refractivity contribution is 0.0950. The maximum absolute atomic E-state index is 14.9. The predicted octanol–water partition coefficient (Wildman–Crippen LogP) is 6.36. The van der Waals surface area contributed by atoms with Gasteiger partial charge in [-0.05, 0) is 64.9 Å². The van der Waals surface area contributed by atoms with Gasteiger partial charge in [0.2, 0.25) is 0 Å². The van der Waals surface area contributed by atoms with Crippen LogP contribution in [-0.4, -0.2) is 10.5 Å². The molecule has 4 aromatic carbocycles. The van der Waals surface area contributed by atoms with Crippen molar-refractivity contribution in [1.82, 2.24) is 9.88 Å². The van der Waals surface area contributed by atoms with Crippen LogP contribution in [0.5, 0.6) is 0 Å². The molecule has 0 atom stereocenters. The molecular weight excluding hydrogens is 487 g/mol. The Labute approximate surface area is 219 Å². The number of aromatic nitrogens is 1. The minimum Gasteiger partial charge on any atom is -0.348 e. The molecule has 5 aromatic rings. The summed E-state index contributed by atoms with van der Waals surface area (Å²) in [6, 6.07) is 29.1. The monoisotopic (exact) mass is 510 g/mol. The number of carbonyl (C=O) groups excluding carboxylic acids is 1. The Morgan fingerprint density at radius 2 is 1.65 bits per heavy atom. The first-order valence-electron chi connectivity index (χ1n) is 11.9. The summed E-state index contributed by atoms with van der Waals surface area (Å²) in [4.78, 5) is 24.7. The van der Waals surface area contributed by atoms with E-state index in [1.807, 2.05) is 48.5 Å². The van der Waals surface area contributed by atoms with Crippen LogP contribution in [0, 0.1) is 5.82 Å². The van der Waals surface area contributed by atoms with Crippen molar-refractivity contribution in [3.63, 3.8) is 0 Å². The number of amides is 1. The zero-order valence-corrected chi connectivity index (χ0v) is 20.7. The molecule has 0 aliphatic carbocycles. The smallest absolute Gasteiger partial charge is 0.251 e. The molecule has 0 radical (unpaired) electrons. The fraction of sp³-hybridized carbons (Fsp3) is 0.0968. The molecule has 1 heterocycles. The van der Waals surface area contributed by atoms with E-state index in [9.17, 15) is 14.0 Å². The topological polar surface area (TPSA) is 51.1 Å². The van der Waals surface area contributed by atoms with E-state index in [1.54, 1.807) is 59.3 Å². The van der Waals surface area contributed by atoms with E-state index in [1.165, 1.54) is 0 Å². The van der Waals surface area contributed by atoms with Crippen molar-refractivity contribution in [3.8, 4) is 0 Å². The Hall–Kier alpha value is -4.22. The highest BCUT2D eigenvalue weighted by Gasteiger charge is 2.11. The van der Waals surface area contributed by atoms with E-state index in [2.05, 4.69) is 5.32 Å². The number of rotatable bonds is 7. The lowest BCUT2D eigenvalue weighted by atomic mass is 10.0. The third-order valence-electron chi connectivity index (χ3n) is 6.31. The van der Waals surface area contributed by atoms with Crippen LogP contribution in [0.1, 0.15) is 32.6 Å². The number of hydrogen-bond donors (Lipinski definition) is 1. The lowest BCUT2D eigenvalue weighted by Gasteiger charge is -2.10. The van der Waals surface area contributed by atoms with Crippen LogP contribution in [0.2, 0.25) is 5.02 Å². The molecule has 0 unspecified atom stereocenters. The third-order valence-corrected chi connectivity index (χ3v) is 6.54. The molecular formula is C31H24ClFN2O2. The average Bonchev–Trinajstić information content (AvgIpc) is 2.90. The molecule has 0 saturated carbocycles. The van der Waals surface area contributed by atoms with Gasteiger partial charge in [-0.25, -0.2) is 4.39 Å². The van der Waals surface area contributed by atoms with Crippen LogP contribution < -0.4 is 10.9 Å². The fourth-order valence-electron chi connectivity index (χ4n) is 4.33. The maximum Gasteiger partial charge on any atom is 0.251 e. The van der Waals surface area contributed by atoms with E-state index < -0.39 is 0 Å². The second-order valence-electron chi connectivity index (χ2n) is 8.95. The fourth-order valence-corrected chi connectivity index (χ4v) is 4.51. The van der Waals surface area contributed by atoms with Gasteiger partial charge >= 0.3 is 0 Å². The predicted molar refractivity (Wildman–Crippen MR) is 146 cm³/mol. The average molecular weight is 511 g/mol. The van der Waals surface area contributed by atoms with Gasteiger partial charge in [-0.3, -0.25) is 9.59 Å². The van der Waals surface area contributed by atoms with Crippen LogP contribution in [-0.2, 0) is 19.5 Å². The molecule has 184 valence electrons. The summed E-state index contributed by atoms with van der Waals surface area (Å²) >= 11 is 6.00. The quantitative estimate of drug-likeness (QED) is 0.277. The standard InChI is InChI=1S/C31H24ClFN2O2/c32-27-13-14-28-24(18-27)11-12-26(30(28)33)19-34-31(37)25-5-3-4-23(17-25)16-21-7-9-22(10-8-21)20-35-15-2-1-6-29(35)36/h1-15,17-18H,16,19-20H2,(H,34,37). The van der Waals surface area contributed by atoms with Crippen LogP contribution in [0.25, 0.3) is 10.8 Å². The molecule has 1 aromatic heterocycles. The molecule has 6 heteroatoms. The van der Waals surface area contributed by atoms with E-state index in [-0.39, 0.29) is 23.8 Å². The zero-order valence-electron chi connectivity index (χ0n) is 20.0. The first kappa shape index (κ1) is 24.5. The van der Waals surface area contributed by atoms with Crippen LogP contribution in [0.15, 0.2) is 108 Å². The Kier molecular flexibility index (Phi) is 7.15. The number of carbonyl (C=O) groups is 1. The van der Waals surface area contributed by atoms with Crippen molar-refractivity contribution < 1.29 is 9.18 Å². The lowest BCUT2D eigenvalue weighted by Crippen LogP contribution is -2.23. The molecule has 0 aliphatic rings. The summed E-state index contributed by atoms with van der Waals surface area (Å²) in [6.07, 6.45) is 2.44. The van der Waals surface area contributed by atoms with Crippen molar-refractivity contribution in [2.75, 3.05) is 0 Å².